The summed E-state index contributed by atoms with van der Waals surface area (Å²) in [5.74, 6) is -0.337. The van der Waals surface area contributed by atoms with Gasteiger partial charge in [-0.2, -0.15) is 5.10 Å². The number of aryl methyl sites for hydroxylation is 1. The molecule has 0 fully saturated rings. The van der Waals surface area contributed by atoms with E-state index in [0.29, 0.717) is 21.1 Å². The highest BCUT2D eigenvalue weighted by Gasteiger charge is 2.19. The van der Waals surface area contributed by atoms with E-state index in [1.165, 1.54) is 6.33 Å². The molecular formula is C11H7IN4O2S. The second-order valence-corrected chi connectivity index (χ2v) is 6.09. The number of nitrogens with zero attached hydrogens (tertiary/aromatic N) is 4. The van der Waals surface area contributed by atoms with Gasteiger partial charge >= 0.3 is 5.97 Å². The maximum Gasteiger partial charge on any atom is 0.346 e. The van der Waals surface area contributed by atoms with Gasteiger partial charge in [-0.3, -0.25) is 0 Å². The molecule has 3 aromatic rings. The van der Waals surface area contributed by atoms with E-state index in [2.05, 4.69) is 37.7 Å². The molecule has 6 nitrogen and oxygen atoms in total. The number of hydrogen-bond acceptors (Lipinski definition) is 5. The fourth-order valence-electron chi connectivity index (χ4n) is 1.85. The molecule has 0 saturated carbocycles. The molecule has 8 heteroatoms. The first-order valence-electron chi connectivity index (χ1n) is 5.26. The molecule has 0 unspecified atom stereocenters. The predicted molar refractivity (Wildman–Crippen MR) is 79.0 cm³/mol. The lowest BCUT2D eigenvalue weighted by Crippen LogP contribution is -2.00. The smallest absolute Gasteiger partial charge is 0.346 e. The molecule has 0 saturated heterocycles. The van der Waals surface area contributed by atoms with Crippen LogP contribution in [0.5, 0.6) is 0 Å². The van der Waals surface area contributed by atoms with E-state index in [0.717, 1.165) is 20.3 Å². The van der Waals surface area contributed by atoms with Crippen molar-refractivity contribution in [3.63, 3.8) is 0 Å². The Morgan fingerprint density at radius 1 is 1.47 bits per heavy atom. The van der Waals surface area contributed by atoms with Crippen molar-refractivity contribution in [2.24, 2.45) is 0 Å². The lowest BCUT2D eigenvalue weighted by molar-refractivity contribution is 0.0701. The van der Waals surface area contributed by atoms with E-state index in [9.17, 15) is 9.90 Å². The minimum Gasteiger partial charge on any atom is -0.477 e. The number of carboxylic acid groups (broad SMARTS) is 1. The Labute approximate surface area is 125 Å². The number of aromatic carboxylic acids is 1. The molecule has 0 aliphatic rings. The van der Waals surface area contributed by atoms with Crippen molar-refractivity contribution in [3.05, 3.63) is 32.7 Å². The number of fused-ring (bicyclic) bond motifs is 1. The molecule has 0 aliphatic carbocycles. The summed E-state index contributed by atoms with van der Waals surface area (Å²) in [6, 6.07) is 0. The van der Waals surface area contributed by atoms with Gasteiger partial charge in [0, 0.05) is 6.20 Å². The fraction of sp³-hybridized carbons (Fsp3) is 0.0909. The van der Waals surface area contributed by atoms with Crippen molar-refractivity contribution in [2.45, 2.75) is 6.92 Å². The Hall–Kier alpha value is -1.55. The molecule has 3 aromatic heterocycles. The summed E-state index contributed by atoms with van der Waals surface area (Å²) in [5.41, 5.74) is 0.675. The van der Waals surface area contributed by atoms with Crippen LogP contribution in [0.25, 0.3) is 16.0 Å². The summed E-state index contributed by atoms with van der Waals surface area (Å²) in [5, 5.41) is 14.1. The number of carboxylic acids is 1. The molecule has 0 radical (unpaired) electrons. The van der Waals surface area contributed by atoms with Gasteiger partial charge in [0.15, 0.2) is 5.82 Å². The van der Waals surface area contributed by atoms with Crippen LogP contribution in [-0.2, 0) is 0 Å². The number of halogens is 1. The van der Waals surface area contributed by atoms with Gasteiger partial charge in [0.2, 0.25) is 0 Å². The van der Waals surface area contributed by atoms with Gasteiger partial charge in [-0.25, -0.2) is 19.4 Å². The highest BCUT2D eigenvalue weighted by Crippen LogP contribution is 2.32. The molecule has 3 rings (SSSR count). The highest BCUT2D eigenvalue weighted by atomic mass is 127. The Bertz CT molecular complexity index is 795. The second kappa shape index (κ2) is 4.53. The topological polar surface area (TPSA) is 80.9 Å². The van der Waals surface area contributed by atoms with Gasteiger partial charge < -0.3 is 5.11 Å². The van der Waals surface area contributed by atoms with E-state index in [4.69, 9.17) is 0 Å². The van der Waals surface area contributed by atoms with Crippen molar-refractivity contribution in [1.82, 2.24) is 19.7 Å². The lowest BCUT2D eigenvalue weighted by atomic mass is 10.2. The Kier molecular flexibility index (Phi) is 2.97. The Balaban J connectivity index is 2.34. The van der Waals surface area contributed by atoms with E-state index < -0.39 is 5.97 Å². The summed E-state index contributed by atoms with van der Waals surface area (Å²) < 4.78 is 2.62. The van der Waals surface area contributed by atoms with Crippen LogP contribution in [0.15, 0.2) is 18.7 Å². The standard InChI is InChI=1S/C11H7IN4O2S/c1-5-7-9(16-3-6(12)2-15-16)13-4-14-10(7)19-8(5)11(17)18/h2-4H,1H3,(H,17,18). The maximum absolute atomic E-state index is 11.2. The molecule has 0 atom stereocenters. The third-order valence-corrected chi connectivity index (χ3v) is 4.41. The highest BCUT2D eigenvalue weighted by molar-refractivity contribution is 14.1. The summed E-state index contributed by atoms with van der Waals surface area (Å²) >= 11 is 3.31. The monoisotopic (exact) mass is 386 g/mol. The van der Waals surface area contributed by atoms with Crippen LogP contribution >= 0.6 is 33.9 Å². The predicted octanol–water partition coefficient (Wildman–Crippen LogP) is 2.49. The summed E-state index contributed by atoms with van der Waals surface area (Å²) in [6.07, 6.45) is 4.97. The zero-order valence-electron chi connectivity index (χ0n) is 9.66. The van der Waals surface area contributed by atoms with Crippen molar-refractivity contribution in [3.8, 4) is 5.82 Å². The third kappa shape index (κ3) is 2.00. The molecule has 19 heavy (non-hydrogen) atoms. The summed E-state index contributed by atoms with van der Waals surface area (Å²) in [4.78, 5) is 20.5. The Morgan fingerprint density at radius 3 is 2.89 bits per heavy atom. The minimum atomic E-state index is -0.943. The van der Waals surface area contributed by atoms with Crippen LogP contribution in [0.2, 0.25) is 0 Å². The third-order valence-electron chi connectivity index (χ3n) is 2.67. The van der Waals surface area contributed by atoms with Gasteiger partial charge in [0.1, 0.15) is 16.0 Å². The molecular weight excluding hydrogens is 379 g/mol. The molecule has 0 bridgehead atoms. The van der Waals surface area contributed by atoms with Crippen LogP contribution in [0.1, 0.15) is 15.2 Å². The normalized spacial score (nSPS) is 11.1. The van der Waals surface area contributed by atoms with Crippen molar-refractivity contribution in [2.75, 3.05) is 0 Å². The van der Waals surface area contributed by atoms with Gasteiger partial charge in [0.25, 0.3) is 0 Å². The number of carbonyl (C=O) groups is 1. The molecule has 96 valence electrons. The lowest BCUT2D eigenvalue weighted by Gasteiger charge is -2.02. The Morgan fingerprint density at radius 2 is 2.26 bits per heavy atom. The van der Waals surface area contributed by atoms with Crippen LogP contribution in [-0.4, -0.2) is 30.8 Å². The molecule has 0 spiro atoms. The first-order valence-corrected chi connectivity index (χ1v) is 7.15. The molecule has 1 N–H and O–H groups in total. The molecule has 0 aliphatic heterocycles. The van der Waals surface area contributed by atoms with Crippen LogP contribution < -0.4 is 0 Å². The van der Waals surface area contributed by atoms with Crippen molar-refractivity contribution in [1.29, 1.82) is 0 Å². The number of aromatic nitrogens is 4. The summed E-state index contributed by atoms with van der Waals surface area (Å²) in [6.45, 7) is 1.77. The number of rotatable bonds is 2. The first kappa shape index (κ1) is 12.5. The van der Waals surface area contributed by atoms with E-state index in [1.807, 2.05) is 6.20 Å². The number of thiophene rings is 1. The van der Waals surface area contributed by atoms with E-state index >= 15 is 0 Å². The van der Waals surface area contributed by atoms with Gasteiger partial charge in [-0.1, -0.05) is 0 Å². The maximum atomic E-state index is 11.2. The van der Waals surface area contributed by atoms with Gasteiger partial charge in [-0.15, -0.1) is 11.3 Å². The average molecular weight is 386 g/mol. The minimum absolute atomic E-state index is 0.290. The van der Waals surface area contributed by atoms with Crippen LogP contribution in [0.4, 0.5) is 0 Å². The molecule has 3 heterocycles. The SMILES string of the molecule is Cc1c(C(=O)O)sc2ncnc(-n3cc(I)cn3)c12. The van der Waals surface area contributed by atoms with Crippen molar-refractivity contribution < 1.29 is 9.90 Å². The largest absolute Gasteiger partial charge is 0.477 e. The quantitative estimate of drug-likeness (QED) is 0.685. The first-order chi connectivity index (χ1) is 9.08. The van der Waals surface area contributed by atoms with E-state index in [1.54, 1.807) is 17.8 Å². The van der Waals surface area contributed by atoms with Gasteiger partial charge in [-0.05, 0) is 35.1 Å². The van der Waals surface area contributed by atoms with Gasteiger partial charge in [0.05, 0.1) is 15.2 Å². The van der Waals surface area contributed by atoms with Crippen LogP contribution in [0.3, 0.4) is 0 Å². The van der Waals surface area contributed by atoms with E-state index in [-0.39, 0.29) is 0 Å². The zero-order chi connectivity index (χ0) is 13.6. The summed E-state index contributed by atoms with van der Waals surface area (Å²) in [7, 11) is 0. The molecule has 0 amide bonds. The molecule has 0 aromatic carbocycles. The number of hydrogen-bond donors (Lipinski definition) is 1. The zero-order valence-corrected chi connectivity index (χ0v) is 12.6. The average Bonchev–Trinajstić information content (AvgIpc) is 2.94. The van der Waals surface area contributed by atoms with Crippen LogP contribution in [0, 0.1) is 10.5 Å². The second-order valence-electron chi connectivity index (χ2n) is 3.84. The van der Waals surface area contributed by atoms with Crippen molar-refractivity contribution >= 4 is 50.1 Å². The fourth-order valence-corrected chi connectivity index (χ4v) is 3.22.